The molecule has 0 rings (SSSR count). The van der Waals surface area contributed by atoms with Crippen LogP contribution in [0.25, 0.3) is 0 Å². The van der Waals surface area contributed by atoms with Crippen LogP contribution in [0.1, 0.15) is 27.2 Å². The number of hydrogen-bond acceptors (Lipinski definition) is 3. The summed E-state index contributed by atoms with van der Waals surface area (Å²) in [7, 11) is 0. The van der Waals surface area contributed by atoms with Crippen LogP contribution in [0.3, 0.4) is 0 Å². The molecule has 0 spiro atoms. The van der Waals surface area contributed by atoms with E-state index < -0.39 is 0 Å². The molecule has 9 heavy (non-hydrogen) atoms. The molecule has 0 fully saturated rings. The first-order valence-corrected chi connectivity index (χ1v) is 3.33. The van der Waals surface area contributed by atoms with Crippen LogP contribution in [-0.4, -0.2) is 12.6 Å². The van der Waals surface area contributed by atoms with E-state index >= 15 is 0 Å². The van der Waals surface area contributed by atoms with Crippen molar-refractivity contribution in [3.8, 4) is 0 Å². The summed E-state index contributed by atoms with van der Waals surface area (Å²) >= 11 is 0. The van der Waals surface area contributed by atoms with Gasteiger partial charge in [-0.15, -0.1) is 0 Å². The van der Waals surface area contributed by atoms with Gasteiger partial charge in [-0.25, -0.2) is 0 Å². The largest absolute Gasteiger partial charge is 0.380 e. The second-order valence-electron chi connectivity index (χ2n) is 1.87. The number of rotatable bonds is 4. The van der Waals surface area contributed by atoms with Crippen LogP contribution < -0.4 is 0 Å². The Hall–Kier alpha value is -0.600. The average molecular weight is 130 g/mol. The van der Waals surface area contributed by atoms with Crippen LogP contribution in [-0.2, 0) is 4.84 Å². The quantitative estimate of drug-likeness (QED) is 0.424. The Kier molecular flexibility index (Phi) is 5.17. The van der Waals surface area contributed by atoms with Crippen LogP contribution in [0.2, 0.25) is 0 Å². The lowest BCUT2D eigenvalue weighted by molar-refractivity contribution is 0.132. The first-order valence-electron chi connectivity index (χ1n) is 3.33. The predicted octanol–water partition coefficient (Wildman–Crippen LogP) is 2.19. The molecule has 0 amide bonds. The Bertz CT molecular complexity index is 83.1. The molecular formula is C6H14N2O. The van der Waals surface area contributed by atoms with E-state index in [1.165, 1.54) is 0 Å². The van der Waals surface area contributed by atoms with Crippen molar-refractivity contribution in [3.63, 3.8) is 0 Å². The monoisotopic (exact) mass is 130 g/mol. The minimum absolute atomic E-state index is 0.288. The Morgan fingerprint density at radius 3 is 2.56 bits per heavy atom. The molecule has 1 unspecified atom stereocenters. The molecule has 0 N–H and O–H groups in total. The molecule has 0 aromatic heterocycles. The van der Waals surface area contributed by atoms with Crippen LogP contribution >= 0.6 is 0 Å². The molecule has 0 heterocycles. The lowest BCUT2D eigenvalue weighted by Gasteiger charge is -1.96. The third-order valence-electron chi connectivity index (χ3n) is 1.02. The molecule has 0 bridgehead atoms. The Morgan fingerprint density at radius 1 is 1.44 bits per heavy atom. The molecule has 0 radical (unpaired) electrons. The van der Waals surface area contributed by atoms with Gasteiger partial charge >= 0.3 is 0 Å². The van der Waals surface area contributed by atoms with E-state index in [9.17, 15) is 0 Å². The summed E-state index contributed by atoms with van der Waals surface area (Å²) in [6.07, 6.45) is 1.01. The lowest BCUT2D eigenvalue weighted by Crippen LogP contribution is -1.92. The van der Waals surface area contributed by atoms with Gasteiger partial charge in [0.05, 0.1) is 6.04 Å². The minimum atomic E-state index is 0.288. The second-order valence-corrected chi connectivity index (χ2v) is 1.87. The van der Waals surface area contributed by atoms with Crippen LogP contribution in [0.15, 0.2) is 10.4 Å². The fourth-order valence-corrected chi connectivity index (χ4v) is 0.253. The van der Waals surface area contributed by atoms with Crippen molar-refractivity contribution in [1.29, 1.82) is 0 Å². The molecular weight excluding hydrogens is 116 g/mol. The zero-order valence-electron chi connectivity index (χ0n) is 6.29. The molecule has 54 valence electrons. The predicted molar refractivity (Wildman–Crippen MR) is 36.2 cm³/mol. The fraction of sp³-hybridized carbons (Fsp3) is 1.00. The normalized spacial score (nSPS) is 14.1. The Labute approximate surface area is 56.1 Å². The Morgan fingerprint density at radius 2 is 2.11 bits per heavy atom. The molecule has 3 nitrogen and oxygen atoms in total. The van der Waals surface area contributed by atoms with Gasteiger partial charge in [-0.3, -0.25) is 0 Å². The van der Waals surface area contributed by atoms with Crippen molar-refractivity contribution in [2.45, 2.75) is 33.2 Å². The Balaban J connectivity index is 3.20. The molecule has 0 aliphatic rings. The topological polar surface area (TPSA) is 34.0 Å². The highest BCUT2D eigenvalue weighted by Gasteiger charge is 1.90. The summed E-state index contributed by atoms with van der Waals surface area (Å²) < 4.78 is 0. The van der Waals surface area contributed by atoms with Crippen molar-refractivity contribution < 1.29 is 4.84 Å². The maximum absolute atomic E-state index is 4.66. The summed E-state index contributed by atoms with van der Waals surface area (Å²) in [5.41, 5.74) is 0. The number of hydrogen-bond donors (Lipinski definition) is 0. The third-order valence-corrected chi connectivity index (χ3v) is 1.02. The van der Waals surface area contributed by atoms with Gasteiger partial charge in [0.25, 0.3) is 0 Å². The van der Waals surface area contributed by atoms with Crippen molar-refractivity contribution in [1.82, 2.24) is 0 Å². The third kappa shape index (κ3) is 5.27. The van der Waals surface area contributed by atoms with Gasteiger partial charge in [-0.1, -0.05) is 6.92 Å². The highest BCUT2D eigenvalue weighted by molar-refractivity contribution is 4.49. The highest BCUT2D eigenvalue weighted by atomic mass is 16.6. The van der Waals surface area contributed by atoms with E-state index in [0.29, 0.717) is 6.61 Å². The molecule has 0 saturated heterocycles. The first kappa shape index (κ1) is 8.40. The van der Waals surface area contributed by atoms with Crippen molar-refractivity contribution >= 4 is 0 Å². The summed E-state index contributed by atoms with van der Waals surface area (Å²) in [6.45, 7) is 6.55. The van der Waals surface area contributed by atoms with Gasteiger partial charge in [0, 0.05) is 5.28 Å². The van der Waals surface area contributed by atoms with E-state index in [2.05, 4.69) is 22.2 Å². The smallest absolute Gasteiger partial charge is 0.116 e. The minimum Gasteiger partial charge on any atom is -0.380 e. The SMILES string of the molecule is CCON=NC(C)CC. The molecule has 0 aliphatic carbocycles. The van der Waals surface area contributed by atoms with E-state index in [1.807, 2.05) is 13.8 Å². The van der Waals surface area contributed by atoms with E-state index in [1.54, 1.807) is 0 Å². The lowest BCUT2D eigenvalue weighted by atomic mass is 10.3. The van der Waals surface area contributed by atoms with Gasteiger partial charge < -0.3 is 4.84 Å². The first-order chi connectivity index (χ1) is 4.31. The zero-order chi connectivity index (χ0) is 7.11. The summed E-state index contributed by atoms with van der Waals surface area (Å²) in [5.74, 6) is 0. The van der Waals surface area contributed by atoms with E-state index in [4.69, 9.17) is 0 Å². The van der Waals surface area contributed by atoms with Gasteiger partial charge in [-0.2, -0.15) is 5.11 Å². The van der Waals surface area contributed by atoms with Crippen molar-refractivity contribution in [2.75, 3.05) is 6.61 Å². The summed E-state index contributed by atoms with van der Waals surface area (Å²) in [4.78, 5) is 4.66. The molecule has 0 saturated carbocycles. The molecule has 1 atom stereocenters. The van der Waals surface area contributed by atoms with Gasteiger partial charge in [0.15, 0.2) is 0 Å². The average Bonchev–Trinajstić information content (AvgIpc) is 1.89. The second kappa shape index (κ2) is 5.54. The van der Waals surface area contributed by atoms with Crippen LogP contribution in [0.4, 0.5) is 0 Å². The maximum Gasteiger partial charge on any atom is 0.116 e. The van der Waals surface area contributed by atoms with Gasteiger partial charge in [0.2, 0.25) is 0 Å². The number of nitrogens with zero attached hydrogens (tertiary/aromatic N) is 2. The molecule has 3 heteroatoms. The van der Waals surface area contributed by atoms with Gasteiger partial charge in [-0.05, 0) is 20.3 Å². The molecule has 0 aromatic rings. The van der Waals surface area contributed by atoms with Gasteiger partial charge in [0.1, 0.15) is 6.61 Å². The van der Waals surface area contributed by atoms with Crippen molar-refractivity contribution in [2.24, 2.45) is 10.4 Å². The van der Waals surface area contributed by atoms with E-state index in [0.717, 1.165) is 6.42 Å². The molecule has 0 aliphatic heterocycles. The van der Waals surface area contributed by atoms with Crippen molar-refractivity contribution in [3.05, 3.63) is 0 Å². The van der Waals surface area contributed by atoms with E-state index in [-0.39, 0.29) is 6.04 Å². The fourth-order valence-electron chi connectivity index (χ4n) is 0.253. The van der Waals surface area contributed by atoms with Crippen LogP contribution in [0.5, 0.6) is 0 Å². The standard InChI is InChI=1S/C6H14N2O/c1-4-6(3)7-8-9-5-2/h6H,4-5H2,1-3H3. The highest BCUT2D eigenvalue weighted by Crippen LogP contribution is 1.95. The summed E-state index contributed by atoms with van der Waals surface area (Å²) in [5, 5.41) is 7.32. The zero-order valence-corrected chi connectivity index (χ0v) is 6.29. The molecule has 0 aromatic carbocycles. The van der Waals surface area contributed by atoms with Crippen LogP contribution in [0, 0.1) is 0 Å². The summed E-state index contributed by atoms with van der Waals surface area (Å²) in [6, 6.07) is 0.288. The maximum atomic E-state index is 4.66.